The molecule has 0 saturated heterocycles. The van der Waals surface area contributed by atoms with E-state index in [-0.39, 0.29) is 10.8 Å². The van der Waals surface area contributed by atoms with Gasteiger partial charge in [-0.25, -0.2) is 0 Å². The second kappa shape index (κ2) is 4.53. The van der Waals surface area contributed by atoms with Crippen molar-refractivity contribution in [3.05, 3.63) is 54.9 Å². The minimum Gasteiger partial charge on any atom is -0.285 e. The first-order valence-corrected chi connectivity index (χ1v) is 5.54. The molecule has 8 heteroatoms. The quantitative estimate of drug-likeness (QED) is 0.465. The predicted octanol–water partition coefficient (Wildman–Crippen LogP) is -0.857. The number of fused-ring (bicyclic) bond motifs is 1. The monoisotopic (exact) mass is 258 g/mol. The van der Waals surface area contributed by atoms with Crippen LogP contribution in [0.4, 0.5) is 0 Å². The van der Waals surface area contributed by atoms with Crippen molar-refractivity contribution in [1.82, 2.24) is 0 Å². The lowest BCUT2D eigenvalue weighted by molar-refractivity contribution is 0.381. The van der Waals surface area contributed by atoms with Gasteiger partial charge in [0.05, 0.1) is 0 Å². The van der Waals surface area contributed by atoms with Gasteiger partial charge in [0.1, 0.15) is 0 Å². The predicted molar refractivity (Wildman–Crippen MR) is 59.3 cm³/mol. The van der Waals surface area contributed by atoms with Crippen LogP contribution in [0.25, 0.3) is 10.8 Å². The van der Waals surface area contributed by atoms with Gasteiger partial charge in [-0.05, 0) is 0 Å². The third-order valence-corrected chi connectivity index (χ3v) is 1.83. The van der Waals surface area contributed by atoms with E-state index in [2.05, 4.69) is 0 Å². The maximum absolute atomic E-state index is 11.0. The van der Waals surface area contributed by atoms with Crippen molar-refractivity contribution >= 4 is 21.2 Å². The van der Waals surface area contributed by atoms with E-state index >= 15 is 0 Å². The van der Waals surface area contributed by atoms with Gasteiger partial charge in [-0.3, -0.25) is 23.5 Å². The average molecular weight is 258 g/mol. The molecule has 0 bridgehead atoms. The topological polar surface area (TPSA) is 126 Å². The Morgan fingerprint density at radius 2 is 1.06 bits per heavy atom. The van der Waals surface area contributed by atoms with Crippen LogP contribution >= 0.6 is 0 Å². The molecule has 0 unspecified atom stereocenters. The highest BCUT2D eigenvalue weighted by Gasteiger charge is 2.09. The van der Waals surface area contributed by atoms with Crippen LogP contribution in [0.15, 0.2) is 38.6 Å². The van der Waals surface area contributed by atoms with Gasteiger partial charge >= 0.3 is 10.4 Å². The van der Waals surface area contributed by atoms with E-state index in [1.165, 1.54) is 12.1 Å². The van der Waals surface area contributed by atoms with Gasteiger partial charge in [0.25, 0.3) is 5.43 Å². The van der Waals surface area contributed by atoms with Crippen LogP contribution < -0.4 is 16.3 Å². The molecular weight excluding hydrogens is 252 g/mol. The fraction of sp³-hybridized carbons (Fsp3) is 0. The Morgan fingerprint density at radius 1 is 0.765 bits per heavy atom. The summed E-state index contributed by atoms with van der Waals surface area (Å²) in [5.41, 5.74) is -2.29. The first-order chi connectivity index (χ1) is 7.72. The third kappa shape index (κ3) is 3.28. The molecule has 0 aromatic heterocycles. The van der Waals surface area contributed by atoms with Gasteiger partial charge in [0, 0.05) is 10.8 Å². The van der Waals surface area contributed by atoms with Crippen LogP contribution in [0.2, 0.25) is 0 Å². The van der Waals surface area contributed by atoms with E-state index < -0.39 is 26.7 Å². The van der Waals surface area contributed by atoms with E-state index in [4.69, 9.17) is 17.5 Å². The van der Waals surface area contributed by atoms with Crippen molar-refractivity contribution in [3.8, 4) is 0 Å². The smallest absolute Gasteiger partial charge is 0.285 e. The molecule has 0 fully saturated rings. The minimum absolute atomic E-state index is 0.229. The van der Waals surface area contributed by atoms with Crippen LogP contribution in [-0.2, 0) is 10.4 Å². The van der Waals surface area contributed by atoms with Crippen LogP contribution in [0.1, 0.15) is 0 Å². The van der Waals surface area contributed by atoms with E-state index in [0.29, 0.717) is 0 Å². The van der Waals surface area contributed by atoms with E-state index in [1.807, 2.05) is 0 Å². The number of benzene rings is 1. The van der Waals surface area contributed by atoms with E-state index in [9.17, 15) is 14.4 Å². The zero-order chi connectivity index (χ0) is 13.2. The Kier molecular flexibility index (Phi) is 3.51. The molecule has 90 valence electrons. The Balaban J connectivity index is 0.000000249. The molecule has 2 aromatic rings. The molecule has 0 saturated carbocycles. The highest BCUT2D eigenvalue weighted by molar-refractivity contribution is 7.79. The summed E-state index contributed by atoms with van der Waals surface area (Å²) in [6.45, 7) is 0. The highest BCUT2D eigenvalue weighted by Crippen LogP contribution is 2.01. The molecule has 0 aliphatic rings. The van der Waals surface area contributed by atoms with Gasteiger partial charge in [-0.2, -0.15) is 8.42 Å². The number of rotatable bonds is 0. The van der Waals surface area contributed by atoms with Gasteiger partial charge in [-0.1, -0.05) is 24.3 Å². The van der Waals surface area contributed by atoms with Crippen LogP contribution in [0.3, 0.4) is 0 Å². The molecule has 0 atom stereocenters. The Labute approximate surface area is 94.2 Å². The molecule has 0 amide bonds. The lowest BCUT2D eigenvalue weighted by Gasteiger charge is -1.81. The maximum Gasteiger partial charge on any atom is 0.394 e. The molecule has 0 radical (unpaired) electrons. The summed E-state index contributed by atoms with van der Waals surface area (Å²) in [4.78, 5) is 32.9. The fourth-order valence-corrected chi connectivity index (χ4v) is 1.23. The van der Waals surface area contributed by atoms with Crippen molar-refractivity contribution in [2.24, 2.45) is 0 Å². The minimum atomic E-state index is -4.67. The molecule has 0 aliphatic heterocycles. The second-order valence-electron chi connectivity index (χ2n) is 2.98. The van der Waals surface area contributed by atoms with Crippen molar-refractivity contribution in [3.63, 3.8) is 0 Å². The molecule has 2 rings (SSSR count). The van der Waals surface area contributed by atoms with E-state index in [1.54, 1.807) is 12.1 Å². The first-order valence-electron chi connectivity index (χ1n) is 4.14. The Morgan fingerprint density at radius 3 is 1.35 bits per heavy atom. The molecular formula is C9H6O7S. The second-order valence-corrected chi connectivity index (χ2v) is 3.88. The average Bonchev–Trinajstić information content (AvgIpc) is 2.43. The molecule has 0 heterocycles. The van der Waals surface area contributed by atoms with Crippen molar-refractivity contribution in [1.29, 1.82) is 0 Å². The number of hydrogen-bond acceptors (Lipinski definition) is 5. The zero-order valence-electron chi connectivity index (χ0n) is 8.15. The zero-order valence-corrected chi connectivity index (χ0v) is 8.97. The van der Waals surface area contributed by atoms with Gasteiger partial charge in [-0.15, -0.1) is 0 Å². The largest absolute Gasteiger partial charge is 0.394 e. The van der Waals surface area contributed by atoms with Gasteiger partial charge in [0.2, 0.25) is 10.9 Å². The normalized spacial score (nSPS) is 10.9. The van der Waals surface area contributed by atoms with Gasteiger partial charge in [0.15, 0.2) is 0 Å². The van der Waals surface area contributed by atoms with E-state index in [0.717, 1.165) is 0 Å². The summed E-state index contributed by atoms with van der Waals surface area (Å²) in [6, 6.07) is 6.23. The van der Waals surface area contributed by atoms with Crippen LogP contribution in [0.5, 0.6) is 0 Å². The molecule has 2 aromatic carbocycles. The van der Waals surface area contributed by atoms with Crippen LogP contribution in [-0.4, -0.2) is 17.5 Å². The molecule has 2 N–H and O–H groups in total. The molecule has 0 spiro atoms. The van der Waals surface area contributed by atoms with Crippen molar-refractivity contribution in [2.45, 2.75) is 0 Å². The SMILES string of the molecule is O=S(=O)(O)O.O=c1c(=O)c2ccccc2c1=O. The highest BCUT2D eigenvalue weighted by atomic mass is 32.3. The summed E-state index contributed by atoms with van der Waals surface area (Å²) in [7, 11) is -4.67. The van der Waals surface area contributed by atoms with Gasteiger partial charge < -0.3 is 0 Å². The fourth-order valence-electron chi connectivity index (χ4n) is 1.23. The molecule has 7 nitrogen and oxygen atoms in total. The first kappa shape index (κ1) is 13.2. The lowest BCUT2D eigenvalue weighted by Crippen LogP contribution is -2.29. The maximum atomic E-state index is 11.0. The van der Waals surface area contributed by atoms with Crippen molar-refractivity contribution < 1.29 is 17.5 Å². The Bertz CT molecular complexity index is 723. The summed E-state index contributed by atoms with van der Waals surface area (Å²) in [5.74, 6) is 0. The summed E-state index contributed by atoms with van der Waals surface area (Å²) in [6.07, 6.45) is 0. The molecule has 0 aliphatic carbocycles. The standard InChI is InChI=1S/C9H4O3.H2O4S/c10-7-5-3-1-2-4-6(5)8(11)9(7)12;1-5(2,3)4/h1-4H;(H2,1,2,3,4). The summed E-state index contributed by atoms with van der Waals surface area (Å²) >= 11 is 0. The number of hydrogen-bond donors (Lipinski definition) is 2. The summed E-state index contributed by atoms with van der Waals surface area (Å²) < 4.78 is 31.6. The van der Waals surface area contributed by atoms with Crippen LogP contribution in [0, 0.1) is 0 Å². The van der Waals surface area contributed by atoms with Crippen molar-refractivity contribution in [2.75, 3.05) is 0 Å². The third-order valence-electron chi connectivity index (χ3n) is 1.83. The summed E-state index contributed by atoms with van der Waals surface area (Å²) in [5, 5.41) is 0.458. The lowest BCUT2D eigenvalue weighted by atomic mass is 10.2. The Hall–Kier alpha value is -1.90. The molecule has 17 heavy (non-hydrogen) atoms.